The molecule has 6 heteroatoms. The molecule has 2 fully saturated rings. The lowest BCUT2D eigenvalue weighted by molar-refractivity contribution is 0.202. The average Bonchev–Trinajstić information content (AvgIpc) is 2.87. The molecule has 0 bridgehead atoms. The van der Waals surface area contributed by atoms with Crippen LogP contribution in [0.2, 0.25) is 0 Å². The van der Waals surface area contributed by atoms with E-state index in [1.165, 1.54) is 19.4 Å². The fraction of sp³-hybridized carbons (Fsp3) is 0.714. The molecule has 20 heavy (non-hydrogen) atoms. The van der Waals surface area contributed by atoms with Crippen LogP contribution < -0.4 is 16.2 Å². The lowest BCUT2D eigenvalue weighted by Gasteiger charge is -2.43. The minimum absolute atomic E-state index is 0.475. The van der Waals surface area contributed by atoms with Crippen LogP contribution in [0.25, 0.3) is 0 Å². The molecule has 3 rings (SSSR count). The average molecular weight is 276 g/mol. The number of hydrogen-bond donors (Lipinski definition) is 2. The number of aryl methyl sites for hydroxylation is 1. The number of anilines is 2. The minimum atomic E-state index is 0.475. The predicted molar refractivity (Wildman–Crippen MR) is 80.7 cm³/mol. The fourth-order valence-corrected chi connectivity index (χ4v) is 3.52. The molecule has 1 aromatic rings. The largest absolute Gasteiger partial charge is 0.351 e. The van der Waals surface area contributed by atoms with Crippen molar-refractivity contribution in [1.29, 1.82) is 0 Å². The molecule has 2 atom stereocenters. The molecular formula is C14H24N6. The van der Waals surface area contributed by atoms with Crippen molar-refractivity contribution in [2.75, 3.05) is 30.0 Å². The van der Waals surface area contributed by atoms with Crippen LogP contribution in [0.4, 0.5) is 11.6 Å². The van der Waals surface area contributed by atoms with E-state index in [1.54, 1.807) is 0 Å². The Labute approximate surface area is 120 Å². The molecule has 3 heterocycles. The molecule has 2 aliphatic heterocycles. The summed E-state index contributed by atoms with van der Waals surface area (Å²) in [5.41, 5.74) is 3.73. The van der Waals surface area contributed by atoms with Gasteiger partial charge in [-0.25, -0.2) is 15.8 Å². The summed E-state index contributed by atoms with van der Waals surface area (Å²) in [5.74, 6) is 8.10. The van der Waals surface area contributed by atoms with E-state index in [1.807, 2.05) is 13.8 Å². The van der Waals surface area contributed by atoms with Crippen LogP contribution in [-0.4, -0.2) is 46.6 Å². The highest BCUT2D eigenvalue weighted by Gasteiger charge is 2.35. The number of hydrazine groups is 1. The number of nitrogens with zero attached hydrogens (tertiary/aromatic N) is 4. The normalized spacial score (nSPS) is 26.7. The van der Waals surface area contributed by atoms with Crippen molar-refractivity contribution in [2.24, 2.45) is 5.84 Å². The van der Waals surface area contributed by atoms with Gasteiger partial charge in [-0.3, -0.25) is 4.90 Å². The second kappa shape index (κ2) is 5.18. The molecule has 6 nitrogen and oxygen atoms in total. The first-order valence-electron chi connectivity index (χ1n) is 7.42. The van der Waals surface area contributed by atoms with Gasteiger partial charge in [-0.05, 0) is 40.2 Å². The third-order valence-electron chi connectivity index (χ3n) is 4.58. The zero-order chi connectivity index (χ0) is 14.3. The summed E-state index contributed by atoms with van der Waals surface area (Å²) in [5, 5.41) is 0. The van der Waals surface area contributed by atoms with Crippen molar-refractivity contribution in [3.8, 4) is 0 Å². The van der Waals surface area contributed by atoms with Gasteiger partial charge in [-0.2, -0.15) is 0 Å². The number of nitrogens with one attached hydrogen (secondary N) is 1. The summed E-state index contributed by atoms with van der Waals surface area (Å²) in [6.45, 7) is 9.67. The first kappa shape index (κ1) is 13.6. The summed E-state index contributed by atoms with van der Waals surface area (Å²) in [6.07, 6.45) is 2.62. The Balaban J connectivity index is 1.93. The monoisotopic (exact) mass is 276 g/mol. The summed E-state index contributed by atoms with van der Waals surface area (Å²) in [6, 6.07) is 1.15. The quantitative estimate of drug-likeness (QED) is 0.621. The third kappa shape index (κ3) is 2.23. The van der Waals surface area contributed by atoms with E-state index in [0.717, 1.165) is 36.1 Å². The predicted octanol–water partition coefficient (Wildman–Crippen LogP) is 1.05. The van der Waals surface area contributed by atoms with E-state index < -0.39 is 0 Å². The topological polar surface area (TPSA) is 70.3 Å². The molecule has 110 valence electrons. The van der Waals surface area contributed by atoms with Crippen molar-refractivity contribution in [2.45, 2.75) is 45.7 Å². The standard InChI is InChI=1S/C14H24N6/c1-9-7-19-6-4-5-12(19)8-20(9)14-10(2)13(18-15)16-11(3)17-14/h9,12H,4-8,15H2,1-3H3,(H,16,17,18). The smallest absolute Gasteiger partial charge is 0.148 e. The van der Waals surface area contributed by atoms with Crippen molar-refractivity contribution < 1.29 is 0 Å². The van der Waals surface area contributed by atoms with Gasteiger partial charge < -0.3 is 10.3 Å². The minimum Gasteiger partial charge on any atom is -0.351 e. The van der Waals surface area contributed by atoms with Crippen molar-refractivity contribution in [3.63, 3.8) is 0 Å². The van der Waals surface area contributed by atoms with Crippen LogP contribution in [0, 0.1) is 13.8 Å². The highest BCUT2D eigenvalue weighted by molar-refractivity contribution is 5.59. The molecular weight excluding hydrogens is 252 g/mol. The molecule has 0 aliphatic carbocycles. The zero-order valence-corrected chi connectivity index (χ0v) is 12.6. The van der Waals surface area contributed by atoms with Crippen LogP contribution in [0.15, 0.2) is 0 Å². The molecule has 2 aliphatic rings. The van der Waals surface area contributed by atoms with E-state index in [0.29, 0.717) is 12.1 Å². The summed E-state index contributed by atoms with van der Waals surface area (Å²) < 4.78 is 0. The van der Waals surface area contributed by atoms with Crippen molar-refractivity contribution >= 4 is 11.6 Å². The molecule has 0 saturated carbocycles. The van der Waals surface area contributed by atoms with Gasteiger partial charge in [-0.1, -0.05) is 0 Å². The van der Waals surface area contributed by atoms with Crippen LogP contribution in [-0.2, 0) is 0 Å². The number of aromatic nitrogens is 2. The molecule has 2 saturated heterocycles. The lowest BCUT2D eigenvalue weighted by atomic mass is 10.1. The van der Waals surface area contributed by atoms with Gasteiger partial charge in [0.2, 0.25) is 0 Å². The number of fused-ring (bicyclic) bond motifs is 1. The SMILES string of the molecule is Cc1nc(NN)c(C)c(N2CC3CCCN3CC2C)n1. The van der Waals surface area contributed by atoms with Gasteiger partial charge in [0.15, 0.2) is 0 Å². The van der Waals surface area contributed by atoms with Gasteiger partial charge >= 0.3 is 0 Å². The molecule has 2 unspecified atom stereocenters. The third-order valence-corrected chi connectivity index (χ3v) is 4.58. The van der Waals surface area contributed by atoms with Crippen molar-refractivity contribution in [1.82, 2.24) is 14.9 Å². The van der Waals surface area contributed by atoms with Crippen LogP contribution >= 0.6 is 0 Å². The fourth-order valence-electron chi connectivity index (χ4n) is 3.52. The molecule has 0 amide bonds. The number of hydrogen-bond acceptors (Lipinski definition) is 6. The van der Waals surface area contributed by atoms with E-state index >= 15 is 0 Å². The Morgan fingerprint density at radius 3 is 2.80 bits per heavy atom. The lowest BCUT2D eigenvalue weighted by Crippen LogP contribution is -2.55. The van der Waals surface area contributed by atoms with E-state index in [-0.39, 0.29) is 0 Å². The summed E-state index contributed by atoms with van der Waals surface area (Å²) >= 11 is 0. The van der Waals surface area contributed by atoms with Gasteiger partial charge in [0.05, 0.1) is 0 Å². The van der Waals surface area contributed by atoms with Gasteiger partial charge in [-0.15, -0.1) is 0 Å². The van der Waals surface area contributed by atoms with E-state index in [2.05, 4.69) is 32.1 Å². The molecule has 1 aromatic heterocycles. The first-order chi connectivity index (χ1) is 9.60. The Hall–Kier alpha value is -1.40. The maximum Gasteiger partial charge on any atom is 0.148 e. The maximum absolute atomic E-state index is 5.57. The zero-order valence-electron chi connectivity index (χ0n) is 12.6. The number of nitrogen functional groups attached to an aromatic ring is 1. The maximum atomic E-state index is 5.57. The molecule has 0 radical (unpaired) electrons. The Kier molecular flexibility index (Phi) is 3.52. The van der Waals surface area contributed by atoms with Gasteiger partial charge in [0, 0.05) is 30.7 Å². The number of nitrogens with two attached hydrogens (primary N) is 1. The molecule has 0 spiro atoms. The van der Waals surface area contributed by atoms with Crippen LogP contribution in [0.3, 0.4) is 0 Å². The Morgan fingerprint density at radius 1 is 1.25 bits per heavy atom. The van der Waals surface area contributed by atoms with E-state index in [4.69, 9.17) is 5.84 Å². The molecule has 0 aromatic carbocycles. The van der Waals surface area contributed by atoms with Crippen LogP contribution in [0.5, 0.6) is 0 Å². The Bertz CT molecular complexity index is 503. The first-order valence-corrected chi connectivity index (χ1v) is 7.42. The second-order valence-electron chi connectivity index (χ2n) is 6.00. The summed E-state index contributed by atoms with van der Waals surface area (Å²) in [7, 11) is 0. The van der Waals surface area contributed by atoms with E-state index in [9.17, 15) is 0 Å². The molecule has 3 N–H and O–H groups in total. The van der Waals surface area contributed by atoms with Crippen LogP contribution in [0.1, 0.15) is 31.2 Å². The highest BCUT2D eigenvalue weighted by atomic mass is 15.3. The van der Waals surface area contributed by atoms with Gasteiger partial charge in [0.1, 0.15) is 17.5 Å². The van der Waals surface area contributed by atoms with Gasteiger partial charge in [0.25, 0.3) is 0 Å². The van der Waals surface area contributed by atoms with Crippen molar-refractivity contribution in [3.05, 3.63) is 11.4 Å². The number of rotatable bonds is 2. The number of piperazine rings is 1. The Morgan fingerprint density at radius 2 is 2.05 bits per heavy atom. The summed E-state index contributed by atoms with van der Waals surface area (Å²) in [4.78, 5) is 14.1. The highest BCUT2D eigenvalue weighted by Crippen LogP contribution is 2.31. The second-order valence-corrected chi connectivity index (χ2v) is 6.00.